The minimum Gasteiger partial charge on any atom is -0.368 e. The van der Waals surface area contributed by atoms with E-state index in [1.165, 1.54) is 12.1 Å². The Balaban J connectivity index is 1.46. The standard InChI is InChI=1S/C17H18F3N3O3/c18-17(19,20)12-4-1-3-11(9-12)10-15(24)21-7-6-14-22-16(26-23-14)13-5-2-8-25-13/h1,3-4,9,13H,2,5-8,10H2,(H,21,24). The van der Waals surface area contributed by atoms with Gasteiger partial charge in [-0.3, -0.25) is 4.79 Å². The summed E-state index contributed by atoms with van der Waals surface area (Å²) in [6.07, 6.45) is -2.55. The van der Waals surface area contributed by atoms with E-state index in [1.807, 2.05) is 0 Å². The molecule has 0 bridgehead atoms. The quantitative estimate of drug-likeness (QED) is 0.847. The van der Waals surface area contributed by atoms with Gasteiger partial charge in [-0.25, -0.2) is 0 Å². The molecule has 0 spiro atoms. The maximum Gasteiger partial charge on any atom is 0.416 e. The largest absolute Gasteiger partial charge is 0.416 e. The summed E-state index contributed by atoms with van der Waals surface area (Å²) in [4.78, 5) is 16.1. The van der Waals surface area contributed by atoms with Gasteiger partial charge in [0.05, 0.1) is 12.0 Å². The molecule has 3 rings (SSSR count). The van der Waals surface area contributed by atoms with Crippen LogP contribution in [-0.4, -0.2) is 29.2 Å². The van der Waals surface area contributed by atoms with E-state index in [-0.39, 0.29) is 25.0 Å². The topological polar surface area (TPSA) is 77.2 Å². The third-order valence-electron chi connectivity index (χ3n) is 3.98. The van der Waals surface area contributed by atoms with Gasteiger partial charge in [0.15, 0.2) is 5.82 Å². The predicted molar refractivity (Wildman–Crippen MR) is 84.1 cm³/mol. The first-order chi connectivity index (χ1) is 12.4. The lowest BCUT2D eigenvalue weighted by atomic mass is 10.1. The number of halogens is 3. The summed E-state index contributed by atoms with van der Waals surface area (Å²) in [6, 6.07) is 4.73. The summed E-state index contributed by atoms with van der Waals surface area (Å²) in [5.74, 6) is 0.523. The normalized spacial score (nSPS) is 17.4. The molecule has 1 unspecified atom stereocenters. The number of aromatic nitrogens is 2. The number of carbonyl (C=O) groups excluding carboxylic acids is 1. The van der Waals surface area contributed by atoms with E-state index in [2.05, 4.69) is 15.5 Å². The molecule has 1 N–H and O–H groups in total. The van der Waals surface area contributed by atoms with E-state index in [9.17, 15) is 18.0 Å². The Morgan fingerprint density at radius 2 is 2.19 bits per heavy atom. The molecular formula is C17H18F3N3O3. The lowest BCUT2D eigenvalue weighted by Gasteiger charge is -2.09. The average Bonchev–Trinajstić information content (AvgIpc) is 3.25. The Bertz CT molecular complexity index is 755. The zero-order chi connectivity index (χ0) is 18.6. The Morgan fingerprint density at radius 3 is 2.92 bits per heavy atom. The first kappa shape index (κ1) is 18.4. The number of carbonyl (C=O) groups is 1. The van der Waals surface area contributed by atoms with Gasteiger partial charge in [0, 0.05) is 19.6 Å². The Morgan fingerprint density at radius 1 is 1.35 bits per heavy atom. The van der Waals surface area contributed by atoms with Crippen molar-refractivity contribution < 1.29 is 27.2 Å². The highest BCUT2D eigenvalue weighted by atomic mass is 19.4. The molecule has 26 heavy (non-hydrogen) atoms. The molecule has 9 heteroatoms. The highest BCUT2D eigenvalue weighted by Crippen LogP contribution is 2.29. The van der Waals surface area contributed by atoms with Crippen molar-refractivity contribution in [3.63, 3.8) is 0 Å². The fraction of sp³-hybridized carbons (Fsp3) is 0.471. The van der Waals surface area contributed by atoms with Crippen LogP contribution >= 0.6 is 0 Å². The van der Waals surface area contributed by atoms with Crippen LogP contribution in [0.15, 0.2) is 28.8 Å². The first-order valence-corrected chi connectivity index (χ1v) is 8.29. The van der Waals surface area contributed by atoms with Crippen molar-refractivity contribution in [1.29, 1.82) is 0 Å². The van der Waals surface area contributed by atoms with E-state index in [4.69, 9.17) is 9.26 Å². The number of alkyl halides is 3. The third-order valence-corrected chi connectivity index (χ3v) is 3.98. The molecule has 1 fully saturated rings. The van der Waals surface area contributed by atoms with Gasteiger partial charge in [-0.2, -0.15) is 18.2 Å². The number of nitrogens with zero attached hydrogens (tertiary/aromatic N) is 2. The highest BCUT2D eigenvalue weighted by molar-refractivity contribution is 5.78. The van der Waals surface area contributed by atoms with Gasteiger partial charge in [-0.05, 0) is 24.5 Å². The molecule has 1 aromatic heterocycles. The van der Waals surface area contributed by atoms with Crippen LogP contribution < -0.4 is 5.32 Å². The molecule has 140 valence electrons. The molecule has 2 heterocycles. The van der Waals surface area contributed by atoms with Crippen molar-refractivity contribution in [3.8, 4) is 0 Å². The molecule has 0 aliphatic carbocycles. The number of hydrogen-bond acceptors (Lipinski definition) is 5. The van der Waals surface area contributed by atoms with Crippen molar-refractivity contribution in [2.45, 2.75) is 38.0 Å². The SMILES string of the molecule is O=C(Cc1cccc(C(F)(F)F)c1)NCCc1noc(C2CCCO2)n1. The molecule has 2 aromatic rings. The second-order valence-corrected chi connectivity index (χ2v) is 6.03. The van der Waals surface area contributed by atoms with Gasteiger partial charge in [-0.1, -0.05) is 23.4 Å². The Kier molecular flexibility index (Phi) is 5.55. The van der Waals surface area contributed by atoms with Crippen LogP contribution in [0.5, 0.6) is 0 Å². The van der Waals surface area contributed by atoms with Crippen LogP contribution in [0.1, 0.15) is 41.8 Å². The van der Waals surface area contributed by atoms with E-state index in [0.717, 1.165) is 25.0 Å². The molecule has 1 atom stereocenters. The minimum absolute atomic E-state index is 0.128. The Labute approximate surface area is 147 Å². The maximum atomic E-state index is 12.7. The van der Waals surface area contributed by atoms with Gasteiger partial charge >= 0.3 is 6.18 Å². The van der Waals surface area contributed by atoms with Gasteiger partial charge in [-0.15, -0.1) is 0 Å². The fourth-order valence-corrected chi connectivity index (χ4v) is 2.69. The summed E-state index contributed by atoms with van der Waals surface area (Å²) < 4.78 is 48.6. The summed E-state index contributed by atoms with van der Waals surface area (Å²) in [5.41, 5.74) is -0.464. The van der Waals surface area contributed by atoms with Crippen LogP contribution in [0.4, 0.5) is 13.2 Å². The van der Waals surface area contributed by atoms with Gasteiger partial charge in [0.1, 0.15) is 6.10 Å². The van der Waals surface area contributed by atoms with Crippen molar-refractivity contribution >= 4 is 5.91 Å². The third kappa shape index (κ3) is 4.81. The minimum atomic E-state index is -4.42. The van der Waals surface area contributed by atoms with Crippen LogP contribution in [-0.2, 0) is 28.5 Å². The number of nitrogens with one attached hydrogen (secondary N) is 1. The Hall–Kier alpha value is -2.42. The molecular weight excluding hydrogens is 351 g/mol. The summed E-state index contributed by atoms with van der Waals surface area (Å²) in [5, 5.41) is 6.48. The van der Waals surface area contributed by atoms with Gasteiger partial charge in [0.2, 0.25) is 5.91 Å². The zero-order valence-corrected chi connectivity index (χ0v) is 13.9. The van der Waals surface area contributed by atoms with Gasteiger partial charge < -0.3 is 14.6 Å². The van der Waals surface area contributed by atoms with Crippen molar-refractivity contribution in [1.82, 2.24) is 15.5 Å². The van der Waals surface area contributed by atoms with E-state index in [1.54, 1.807) is 0 Å². The molecule has 0 saturated carbocycles. The smallest absolute Gasteiger partial charge is 0.368 e. The van der Waals surface area contributed by atoms with E-state index < -0.39 is 11.7 Å². The molecule has 1 aliphatic rings. The molecule has 1 aromatic carbocycles. The molecule has 1 amide bonds. The van der Waals surface area contributed by atoms with Crippen LogP contribution in [0, 0.1) is 0 Å². The summed E-state index contributed by atoms with van der Waals surface area (Å²) in [6.45, 7) is 0.941. The van der Waals surface area contributed by atoms with E-state index in [0.29, 0.717) is 30.3 Å². The highest BCUT2D eigenvalue weighted by Gasteiger charge is 2.30. The number of amides is 1. The molecule has 0 radical (unpaired) electrons. The van der Waals surface area contributed by atoms with Crippen LogP contribution in [0.25, 0.3) is 0 Å². The zero-order valence-electron chi connectivity index (χ0n) is 13.9. The van der Waals surface area contributed by atoms with Crippen molar-refractivity contribution in [2.75, 3.05) is 13.2 Å². The second-order valence-electron chi connectivity index (χ2n) is 6.03. The van der Waals surface area contributed by atoms with Crippen molar-refractivity contribution in [2.24, 2.45) is 0 Å². The second kappa shape index (κ2) is 7.86. The van der Waals surface area contributed by atoms with E-state index >= 15 is 0 Å². The van der Waals surface area contributed by atoms with Crippen LogP contribution in [0.2, 0.25) is 0 Å². The van der Waals surface area contributed by atoms with Gasteiger partial charge in [0.25, 0.3) is 5.89 Å². The monoisotopic (exact) mass is 369 g/mol. The number of hydrogen-bond donors (Lipinski definition) is 1. The van der Waals surface area contributed by atoms with Crippen LogP contribution in [0.3, 0.4) is 0 Å². The number of rotatable bonds is 6. The fourth-order valence-electron chi connectivity index (χ4n) is 2.69. The maximum absolute atomic E-state index is 12.7. The number of ether oxygens (including phenoxy) is 1. The summed E-state index contributed by atoms with van der Waals surface area (Å²) >= 11 is 0. The molecule has 1 saturated heterocycles. The molecule has 1 aliphatic heterocycles. The lowest BCUT2D eigenvalue weighted by molar-refractivity contribution is -0.137. The first-order valence-electron chi connectivity index (χ1n) is 8.29. The average molecular weight is 369 g/mol. The predicted octanol–water partition coefficient (Wildman–Crippen LogP) is 2.84. The van der Waals surface area contributed by atoms with Crippen molar-refractivity contribution in [3.05, 3.63) is 47.1 Å². The lowest BCUT2D eigenvalue weighted by Crippen LogP contribution is -2.27. The summed E-state index contributed by atoms with van der Waals surface area (Å²) in [7, 11) is 0. The number of benzene rings is 1. The molecule has 6 nitrogen and oxygen atoms in total.